The van der Waals surface area contributed by atoms with Crippen LogP contribution in [0.15, 0.2) is 35.1 Å². The Labute approximate surface area is 115 Å². The summed E-state index contributed by atoms with van der Waals surface area (Å²) >= 11 is 0. The second-order valence-electron chi connectivity index (χ2n) is 5.19. The highest BCUT2D eigenvalue weighted by atomic mass is 16.3. The van der Waals surface area contributed by atoms with Gasteiger partial charge in [-0.05, 0) is 23.9 Å². The van der Waals surface area contributed by atoms with Crippen LogP contribution in [0, 0.1) is 5.92 Å². The Morgan fingerprint density at radius 1 is 1.40 bits per heavy atom. The van der Waals surface area contributed by atoms with Crippen molar-refractivity contribution in [3.63, 3.8) is 0 Å². The zero-order valence-electron chi connectivity index (χ0n) is 11.0. The van der Waals surface area contributed by atoms with Gasteiger partial charge in [0.15, 0.2) is 0 Å². The van der Waals surface area contributed by atoms with Gasteiger partial charge in [-0.2, -0.15) is 0 Å². The number of hydrogen-bond acceptors (Lipinski definition) is 3. The molecule has 1 aliphatic heterocycles. The summed E-state index contributed by atoms with van der Waals surface area (Å²) in [4.78, 5) is 28.7. The van der Waals surface area contributed by atoms with Gasteiger partial charge in [-0.3, -0.25) is 9.59 Å². The molecule has 1 amide bonds. The molecule has 0 spiro atoms. The summed E-state index contributed by atoms with van der Waals surface area (Å²) in [6, 6.07) is 8.91. The van der Waals surface area contributed by atoms with Crippen molar-refractivity contribution in [2.75, 3.05) is 19.7 Å². The van der Waals surface area contributed by atoms with Crippen LogP contribution in [-0.2, 0) is 0 Å². The smallest absolute Gasteiger partial charge is 0.270 e. The maximum absolute atomic E-state index is 12.4. The van der Waals surface area contributed by atoms with Gasteiger partial charge in [0.1, 0.15) is 5.69 Å². The molecule has 1 aromatic carbocycles. The summed E-state index contributed by atoms with van der Waals surface area (Å²) in [6.07, 6.45) is 0.806. The fourth-order valence-corrected chi connectivity index (χ4v) is 2.66. The second-order valence-corrected chi connectivity index (χ2v) is 5.19. The van der Waals surface area contributed by atoms with Gasteiger partial charge in [-0.1, -0.05) is 18.2 Å². The number of nitrogens with one attached hydrogen (secondary N) is 1. The van der Waals surface area contributed by atoms with E-state index in [1.807, 2.05) is 12.1 Å². The van der Waals surface area contributed by atoms with Crippen LogP contribution in [-0.4, -0.2) is 40.6 Å². The number of likely N-dealkylation sites (tertiary alicyclic amines) is 1. The van der Waals surface area contributed by atoms with Crippen molar-refractivity contribution in [2.24, 2.45) is 5.92 Å². The Balaban J connectivity index is 1.94. The molecule has 3 rings (SSSR count). The molecule has 1 aromatic heterocycles. The fraction of sp³-hybridized carbons (Fsp3) is 0.333. The highest BCUT2D eigenvalue weighted by molar-refractivity contribution is 5.96. The van der Waals surface area contributed by atoms with E-state index in [9.17, 15) is 9.59 Å². The first-order valence-corrected chi connectivity index (χ1v) is 6.71. The number of carbonyl (C=O) groups excluding carboxylic acids is 1. The molecule has 1 saturated heterocycles. The average molecular weight is 272 g/mol. The Morgan fingerprint density at radius 3 is 2.95 bits per heavy atom. The number of aliphatic hydroxyl groups is 1. The molecule has 2 heterocycles. The molecule has 1 fully saturated rings. The Hall–Kier alpha value is -2.14. The molecule has 1 unspecified atom stereocenters. The van der Waals surface area contributed by atoms with Gasteiger partial charge in [0.05, 0.1) is 0 Å². The molecule has 0 aliphatic carbocycles. The Kier molecular flexibility index (Phi) is 3.28. The van der Waals surface area contributed by atoms with E-state index >= 15 is 0 Å². The zero-order chi connectivity index (χ0) is 14.1. The molecule has 0 radical (unpaired) electrons. The second kappa shape index (κ2) is 5.09. The minimum atomic E-state index is -0.246. The highest BCUT2D eigenvalue weighted by Gasteiger charge is 2.27. The van der Waals surface area contributed by atoms with E-state index in [0.29, 0.717) is 24.2 Å². The van der Waals surface area contributed by atoms with Crippen molar-refractivity contribution in [1.82, 2.24) is 9.88 Å². The molecule has 20 heavy (non-hydrogen) atoms. The summed E-state index contributed by atoms with van der Waals surface area (Å²) in [5, 5.41) is 10.5. The number of amides is 1. The standard InChI is InChI=1S/C15H16N2O3/c18-9-10-5-6-17(8-10)15(20)13-7-11-3-1-2-4-12(11)14(19)16-13/h1-4,7,10,18H,5-6,8-9H2,(H,16,19). The van der Waals surface area contributed by atoms with E-state index in [4.69, 9.17) is 5.11 Å². The largest absolute Gasteiger partial charge is 0.396 e. The molecule has 1 aliphatic rings. The van der Waals surface area contributed by atoms with Gasteiger partial charge < -0.3 is 15.0 Å². The number of aromatic nitrogens is 1. The quantitative estimate of drug-likeness (QED) is 0.856. The van der Waals surface area contributed by atoms with E-state index in [1.54, 1.807) is 23.1 Å². The topological polar surface area (TPSA) is 73.4 Å². The van der Waals surface area contributed by atoms with E-state index in [-0.39, 0.29) is 24.0 Å². The summed E-state index contributed by atoms with van der Waals surface area (Å²) in [5.41, 5.74) is 0.0663. The van der Waals surface area contributed by atoms with Crippen molar-refractivity contribution in [1.29, 1.82) is 0 Å². The minimum absolute atomic E-state index is 0.0953. The van der Waals surface area contributed by atoms with E-state index in [0.717, 1.165) is 11.8 Å². The number of carbonyl (C=O) groups is 1. The minimum Gasteiger partial charge on any atom is -0.396 e. The zero-order valence-corrected chi connectivity index (χ0v) is 11.0. The van der Waals surface area contributed by atoms with Crippen LogP contribution in [0.4, 0.5) is 0 Å². The monoisotopic (exact) mass is 272 g/mol. The molecule has 2 N–H and O–H groups in total. The number of benzene rings is 1. The number of fused-ring (bicyclic) bond motifs is 1. The maximum Gasteiger partial charge on any atom is 0.270 e. The highest BCUT2D eigenvalue weighted by Crippen LogP contribution is 2.18. The van der Waals surface area contributed by atoms with Crippen LogP contribution >= 0.6 is 0 Å². The van der Waals surface area contributed by atoms with E-state index in [1.165, 1.54) is 0 Å². The molecule has 1 atom stereocenters. The number of aromatic amines is 1. The van der Waals surface area contributed by atoms with Crippen molar-refractivity contribution in [2.45, 2.75) is 6.42 Å². The van der Waals surface area contributed by atoms with Crippen LogP contribution in [0.25, 0.3) is 10.8 Å². The number of hydrogen-bond donors (Lipinski definition) is 2. The molecule has 0 bridgehead atoms. The molecule has 5 heteroatoms. The lowest BCUT2D eigenvalue weighted by atomic mass is 10.1. The van der Waals surface area contributed by atoms with Gasteiger partial charge in [-0.25, -0.2) is 0 Å². The SMILES string of the molecule is O=C(c1cc2ccccc2c(=O)[nH]1)N1CCC(CO)C1. The Bertz CT molecular complexity index is 708. The van der Waals surface area contributed by atoms with Crippen LogP contribution in [0.2, 0.25) is 0 Å². The number of H-pyrrole nitrogens is 1. The van der Waals surface area contributed by atoms with Gasteiger partial charge in [-0.15, -0.1) is 0 Å². The number of aliphatic hydroxyl groups excluding tert-OH is 1. The van der Waals surface area contributed by atoms with Crippen molar-refractivity contribution < 1.29 is 9.90 Å². The van der Waals surface area contributed by atoms with Gasteiger partial charge in [0.2, 0.25) is 0 Å². The molecule has 0 saturated carbocycles. The Morgan fingerprint density at radius 2 is 2.20 bits per heavy atom. The average Bonchev–Trinajstić information content (AvgIpc) is 2.95. The maximum atomic E-state index is 12.4. The summed E-state index contributed by atoms with van der Waals surface area (Å²) in [6.45, 7) is 1.27. The fourth-order valence-electron chi connectivity index (χ4n) is 2.66. The van der Waals surface area contributed by atoms with Gasteiger partial charge in [0.25, 0.3) is 11.5 Å². The first-order valence-electron chi connectivity index (χ1n) is 6.71. The van der Waals surface area contributed by atoms with Crippen molar-refractivity contribution in [3.8, 4) is 0 Å². The van der Waals surface area contributed by atoms with Crippen LogP contribution in [0.5, 0.6) is 0 Å². The molecule has 2 aromatic rings. The van der Waals surface area contributed by atoms with Gasteiger partial charge >= 0.3 is 0 Å². The summed E-state index contributed by atoms with van der Waals surface area (Å²) < 4.78 is 0. The lowest BCUT2D eigenvalue weighted by molar-refractivity contribution is 0.0776. The van der Waals surface area contributed by atoms with Gasteiger partial charge in [0, 0.05) is 31.0 Å². The first kappa shape index (κ1) is 12.9. The van der Waals surface area contributed by atoms with Crippen LogP contribution < -0.4 is 5.56 Å². The van der Waals surface area contributed by atoms with Crippen molar-refractivity contribution in [3.05, 3.63) is 46.4 Å². The lowest BCUT2D eigenvalue weighted by Crippen LogP contribution is -2.31. The van der Waals surface area contributed by atoms with Crippen molar-refractivity contribution >= 4 is 16.7 Å². The van der Waals surface area contributed by atoms with Crippen LogP contribution in [0.3, 0.4) is 0 Å². The summed E-state index contributed by atoms with van der Waals surface area (Å²) in [5.74, 6) is -0.0325. The predicted octanol–water partition coefficient (Wildman–Crippen LogP) is 0.982. The third-order valence-corrected chi connectivity index (χ3v) is 3.82. The van der Waals surface area contributed by atoms with E-state index < -0.39 is 0 Å². The number of nitrogens with zero attached hydrogens (tertiary/aromatic N) is 1. The van der Waals surface area contributed by atoms with Crippen LogP contribution in [0.1, 0.15) is 16.9 Å². The number of pyridine rings is 1. The lowest BCUT2D eigenvalue weighted by Gasteiger charge is -2.16. The molecular formula is C15H16N2O3. The molecular weight excluding hydrogens is 256 g/mol. The summed E-state index contributed by atoms with van der Waals surface area (Å²) in [7, 11) is 0. The predicted molar refractivity (Wildman–Crippen MR) is 75.7 cm³/mol. The third kappa shape index (κ3) is 2.20. The third-order valence-electron chi connectivity index (χ3n) is 3.82. The normalized spacial score (nSPS) is 18.6. The number of rotatable bonds is 2. The molecule has 104 valence electrons. The van der Waals surface area contributed by atoms with E-state index in [2.05, 4.69) is 4.98 Å². The molecule has 5 nitrogen and oxygen atoms in total. The first-order chi connectivity index (χ1) is 9.69.